The van der Waals surface area contributed by atoms with E-state index in [0.717, 1.165) is 79.5 Å². The van der Waals surface area contributed by atoms with Gasteiger partial charge >= 0.3 is 0 Å². The molecule has 222 valence electrons. The van der Waals surface area contributed by atoms with Crippen molar-refractivity contribution < 1.29 is 0 Å². The summed E-state index contributed by atoms with van der Waals surface area (Å²) in [5.41, 5.74) is 12.4. The highest BCUT2D eigenvalue weighted by Crippen LogP contribution is 2.41. The van der Waals surface area contributed by atoms with Crippen LogP contribution in [0, 0.1) is 34.5 Å². The van der Waals surface area contributed by atoms with E-state index in [1.807, 2.05) is 36.4 Å². The molecule has 0 radical (unpaired) electrons. The molecule has 0 fully saturated rings. The zero-order valence-electron chi connectivity index (χ0n) is 25.9. The molecule has 0 aliphatic heterocycles. The van der Waals surface area contributed by atoms with Crippen LogP contribution in [0.25, 0.3) is 66.3 Å². The molecule has 0 bridgehead atoms. The summed E-state index contributed by atoms with van der Waals surface area (Å²) in [6.45, 7) is 0. The number of nitrogens with zero attached hydrogens (tertiary/aromatic N) is 4. The summed E-state index contributed by atoms with van der Waals surface area (Å²) in [7, 11) is 0. The minimum Gasteiger partial charge on any atom is -0.308 e. The zero-order valence-corrected chi connectivity index (χ0v) is 25.9. The molecule has 2 aromatic heterocycles. The van der Waals surface area contributed by atoms with Crippen molar-refractivity contribution in [1.82, 2.24) is 9.13 Å². The minimum atomic E-state index is 0.573. The topological polar surface area (TPSA) is 57.4 Å². The van der Waals surface area contributed by atoms with E-state index in [2.05, 4.69) is 130 Å². The molecule has 48 heavy (non-hydrogen) atoms. The van der Waals surface area contributed by atoms with Gasteiger partial charge in [0.25, 0.3) is 0 Å². The van der Waals surface area contributed by atoms with E-state index in [0.29, 0.717) is 11.1 Å². The highest BCUT2D eigenvalue weighted by Gasteiger charge is 2.22. The van der Waals surface area contributed by atoms with E-state index in [-0.39, 0.29) is 0 Å². The Morgan fingerprint density at radius 2 is 1.21 bits per heavy atom. The Labute approximate surface area is 278 Å². The normalized spacial score (nSPS) is 12.0. The SMILES string of the molecule is N#Cc1ccc(-c2ccccc2-n2c3c(c4ccccc42)CCC#C3)c(-c2ccc(C#N)c(-n3c4ccccc4c4ccccc43)c2)c1. The summed E-state index contributed by atoms with van der Waals surface area (Å²) in [5, 5.41) is 23.9. The second kappa shape index (κ2) is 10.9. The lowest BCUT2D eigenvalue weighted by atomic mass is 9.91. The summed E-state index contributed by atoms with van der Waals surface area (Å²) in [4.78, 5) is 0. The molecule has 0 unspecified atom stereocenters. The standard InChI is InChI=1S/C44H26N4/c45-27-29-21-24-32(33-11-1-6-16-39(33)47-40-17-7-2-12-34(40)35-13-3-8-18-41(35)47)38(25-29)30-22-23-31(28-46)44(26-30)48-42-19-9-4-14-36(42)37-15-5-10-20-43(37)48/h1-2,4-7,9-12,14-17,19-26H,3,13H2. The van der Waals surface area contributed by atoms with Crippen LogP contribution in [0.5, 0.6) is 0 Å². The maximum absolute atomic E-state index is 10.3. The molecule has 0 saturated carbocycles. The van der Waals surface area contributed by atoms with Crippen LogP contribution in [0.1, 0.15) is 28.8 Å². The smallest absolute Gasteiger partial charge is 0.101 e. The van der Waals surface area contributed by atoms with Crippen LogP contribution < -0.4 is 0 Å². The van der Waals surface area contributed by atoms with Crippen molar-refractivity contribution in [3.8, 4) is 57.6 Å². The first-order valence-electron chi connectivity index (χ1n) is 16.0. The van der Waals surface area contributed by atoms with Gasteiger partial charge in [-0.1, -0.05) is 90.8 Å². The first-order valence-corrected chi connectivity index (χ1v) is 16.0. The number of para-hydroxylation sites is 4. The summed E-state index contributed by atoms with van der Waals surface area (Å²) in [6.07, 6.45) is 1.78. The Morgan fingerprint density at radius 3 is 1.94 bits per heavy atom. The van der Waals surface area contributed by atoms with Crippen molar-refractivity contribution in [2.24, 2.45) is 0 Å². The molecule has 1 aliphatic carbocycles. The average Bonchev–Trinajstić information content (AvgIpc) is 3.67. The van der Waals surface area contributed by atoms with Gasteiger partial charge in [0, 0.05) is 28.1 Å². The lowest BCUT2D eigenvalue weighted by molar-refractivity contribution is 0.985. The molecule has 0 atom stereocenters. The van der Waals surface area contributed by atoms with Crippen LogP contribution in [-0.4, -0.2) is 9.13 Å². The van der Waals surface area contributed by atoms with Crippen molar-refractivity contribution >= 4 is 32.7 Å². The van der Waals surface area contributed by atoms with Gasteiger partial charge in [0.15, 0.2) is 0 Å². The van der Waals surface area contributed by atoms with Gasteiger partial charge in [-0.2, -0.15) is 10.5 Å². The van der Waals surface area contributed by atoms with Crippen molar-refractivity contribution in [3.05, 3.63) is 156 Å². The largest absolute Gasteiger partial charge is 0.308 e. The maximum atomic E-state index is 10.3. The number of rotatable bonds is 4. The van der Waals surface area contributed by atoms with Crippen LogP contribution >= 0.6 is 0 Å². The van der Waals surface area contributed by atoms with Gasteiger partial charge < -0.3 is 9.13 Å². The van der Waals surface area contributed by atoms with Crippen LogP contribution in [-0.2, 0) is 6.42 Å². The number of hydrogen-bond acceptors (Lipinski definition) is 2. The van der Waals surface area contributed by atoms with Gasteiger partial charge in [-0.25, -0.2) is 0 Å². The zero-order chi connectivity index (χ0) is 32.2. The summed E-state index contributed by atoms with van der Waals surface area (Å²) in [5.74, 6) is 6.81. The van der Waals surface area contributed by atoms with Gasteiger partial charge in [0.05, 0.1) is 45.1 Å². The molecular weight excluding hydrogens is 585 g/mol. The molecular formula is C44H26N4. The fourth-order valence-corrected chi connectivity index (χ4v) is 7.42. The van der Waals surface area contributed by atoms with Gasteiger partial charge in [-0.05, 0) is 83.1 Å². The molecule has 0 N–H and O–H groups in total. The second-order valence-electron chi connectivity index (χ2n) is 12.1. The molecule has 2 heterocycles. The van der Waals surface area contributed by atoms with Gasteiger partial charge in [-0.3, -0.25) is 0 Å². The number of benzene rings is 6. The third kappa shape index (κ3) is 4.09. The number of fused-ring (bicyclic) bond motifs is 6. The van der Waals surface area contributed by atoms with Crippen LogP contribution in [0.15, 0.2) is 133 Å². The Hall–Kier alpha value is -6.80. The molecule has 4 heteroatoms. The number of hydrogen-bond donors (Lipinski definition) is 0. The molecule has 4 nitrogen and oxygen atoms in total. The van der Waals surface area contributed by atoms with Crippen molar-refractivity contribution in [3.63, 3.8) is 0 Å². The third-order valence-corrected chi connectivity index (χ3v) is 9.52. The molecule has 1 aliphatic rings. The van der Waals surface area contributed by atoms with Crippen LogP contribution in [0.2, 0.25) is 0 Å². The third-order valence-electron chi connectivity index (χ3n) is 9.52. The Balaban J connectivity index is 1.31. The van der Waals surface area contributed by atoms with Crippen molar-refractivity contribution in [2.45, 2.75) is 12.8 Å². The first kappa shape index (κ1) is 27.5. The number of aryl methyl sites for hydroxylation is 1. The van der Waals surface area contributed by atoms with Crippen molar-refractivity contribution in [2.75, 3.05) is 0 Å². The van der Waals surface area contributed by atoms with Gasteiger partial charge in [0.2, 0.25) is 0 Å². The predicted octanol–water partition coefficient (Wildman–Crippen LogP) is 10.1. The fraction of sp³-hybridized carbons (Fsp3) is 0.0455. The summed E-state index contributed by atoms with van der Waals surface area (Å²) in [6, 6.07) is 50.3. The van der Waals surface area contributed by atoms with E-state index in [1.54, 1.807) is 0 Å². The summed E-state index contributed by atoms with van der Waals surface area (Å²) >= 11 is 0. The number of nitriles is 2. The molecule has 8 aromatic rings. The Kier molecular flexibility index (Phi) is 6.26. The second-order valence-corrected chi connectivity index (χ2v) is 12.1. The molecule has 9 rings (SSSR count). The lowest BCUT2D eigenvalue weighted by Crippen LogP contribution is -2.03. The monoisotopic (exact) mass is 610 g/mol. The summed E-state index contributed by atoms with van der Waals surface area (Å²) < 4.78 is 4.49. The molecule has 0 amide bonds. The van der Waals surface area contributed by atoms with Crippen molar-refractivity contribution in [1.29, 1.82) is 10.5 Å². The predicted molar refractivity (Wildman–Crippen MR) is 193 cm³/mol. The molecule has 6 aromatic carbocycles. The van der Waals surface area contributed by atoms with E-state index >= 15 is 0 Å². The van der Waals surface area contributed by atoms with Gasteiger partial charge in [0.1, 0.15) is 11.8 Å². The van der Waals surface area contributed by atoms with Gasteiger partial charge in [-0.15, -0.1) is 0 Å². The Morgan fingerprint density at radius 1 is 0.542 bits per heavy atom. The quantitative estimate of drug-likeness (QED) is 0.186. The highest BCUT2D eigenvalue weighted by atomic mass is 15.0. The number of aromatic nitrogens is 2. The highest BCUT2D eigenvalue weighted by molar-refractivity contribution is 6.09. The lowest BCUT2D eigenvalue weighted by Gasteiger charge is -2.19. The van der Waals surface area contributed by atoms with E-state index in [1.165, 1.54) is 10.9 Å². The van der Waals surface area contributed by atoms with E-state index in [9.17, 15) is 10.5 Å². The first-order chi connectivity index (χ1) is 23.7. The molecule has 0 spiro atoms. The van der Waals surface area contributed by atoms with E-state index < -0.39 is 0 Å². The van der Waals surface area contributed by atoms with Crippen LogP contribution in [0.3, 0.4) is 0 Å². The Bertz CT molecular complexity index is 2710. The van der Waals surface area contributed by atoms with Crippen LogP contribution in [0.4, 0.5) is 0 Å². The van der Waals surface area contributed by atoms with E-state index in [4.69, 9.17) is 0 Å². The maximum Gasteiger partial charge on any atom is 0.101 e. The fourth-order valence-electron chi connectivity index (χ4n) is 7.42. The average molecular weight is 611 g/mol. The molecule has 0 saturated heterocycles. The minimum absolute atomic E-state index is 0.573.